The largest absolute Gasteiger partial charge is 0.381 e. The zero-order valence-corrected chi connectivity index (χ0v) is 44.1. The number of ether oxygens (including phenoxy) is 1. The van der Waals surface area contributed by atoms with Gasteiger partial charge in [0.2, 0.25) is 0 Å². The van der Waals surface area contributed by atoms with Crippen LogP contribution < -0.4 is 0 Å². The second-order valence-electron chi connectivity index (χ2n) is 29.4. The standard InChI is InChI=1S/C58H104OSi/c1-34-28-35(2)30-40(29-34)51-45-31-36(3)54(46(45)33-48(53(51)59-14)58(11,12)13)60(15,16)55-37(4)32-47-49(38-20-24-41(25-21-38)56(5,6)7)43-18-17-19-44(43)50(52(47)55)39-22-26-42(27-23-39)57(8,9)10/h34-55H,17-33H2,1-16H3/t34?,35?,36?,37?,38?,39?,40?,41?,42?,43?,44?,45?,46?,47?,48?,49-,50?,51+,52?,53?,54?,55?/m0/s1. The highest BCUT2D eigenvalue weighted by Crippen LogP contribution is 2.73. The predicted octanol–water partition coefficient (Wildman–Crippen LogP) is 17.1. The Hall–Kier alpha value is 0.177. The summed E-state index contributed by atoms with van der Waals surface area (Å²) in [6.07, 6.45) is 26.3. The maximum absolute atomic E-state index is 6.87. The van der Waals surface area contributed by atoms with Gasteiger partial charge >= 0.3 is 0 Å². The lowest BCUT2D eigenvalue weighted by Gasteiger charge is -2.59. The van der Waals surface area contributed by atoms with Crippen LogP contribution >= 0.6 is 0 Å². The summed E-state index contributed by atoms with van der Waals surface area (Å²) >= 11 is 0. The SMILES string of the molecule is COC1C(C(C)(C)C)CC2C(CC(C)C2[Si](C)(C)C2C(C)CC3C2C(C2CCC(C(C)(C)C)CC2)C2CCCC2[C@@H]3C2CCC(C(C)(C)C)CC2)[C@H]1C1CC(C)CC(C)C1. The summed E-state index contributed by atoms with van der Waals surface area (Å²) in [4.78, 5) is 0. The van der Waals surface area contributed by atoms with Crippen molar-refractivity contribution in [1.82, 2.24) is 0 Å². The summed E-state index contributed by atoms with van der Waals surface area (Å²) < 4.78 is 6.87. The van der Waals surface area contributed by atoms with Gasteiger partial charge in [0.25, 0.3) is 0 Å². The number of hydrogen-bond acceptors (Lipinski definition) is 1. The average Bonchev–Trinajstić information content (AvgIpc) is 3.86. The first-order chi connectivity index (χ1) is 28.0. The highest BCUT2D eigenvalue weighted by atomic mass is 28.3. The number of fused-ring (bicyclic) bond motifs is 3. The molecular weight excluding hydrogens is 741 g/mol. The molecule has 346 valence electrons. The summed E-state index contributed by atoms with van der Waals surface area (Å²) in [5.41, 5.74) is 3.25. The minimum Gasteiger partial charge on any atom is -0.381 e. The van der Waals surface area contributed by atoms with Crippen LogP contribution in [0, 0.1) is 129 Å². The molecule has 1 nitrogen and oxygen atoms in total. The molecule has 8 aliphatic rings. The molecule has 0 aromatic rings. The molecule has 0 N–H and O–H groups in total. The van der Waals surface area contributed by atoms with Crippen LogP contribution in [0.4, 0.5) is 0 Å². The molecule has 8 saturated carbocycles. The Morgan fingerprint density at radius 3 is 1.40 bits per heavy atom. The van der Waals surface area contributed by atoms with Crippen molar-refractivity contribution >= 4 is 8.07 Å². The van der Waals surface area contributed by atoms with E-state index in [-0.39, 0.29) is 0 Å². The molecule has 0 aliphatic heterocycles. The van der Waals surface area contributed by atoms with E-state index in [1.54, 1.807) is 51.4 Å². The highest BCUT2D eigenvalue weighted by Gasteiger charge is 2.67. The number of methoxy groups -OCH3 is 1. The molecule has 8 fully saturated rings. The third-order valence-electron chi connectivity index (χ3n) is 22.7. The van der Waals surface area contributed by atoms with Crippen molar-refractivity contribution in [3.05, 3.63) is 0 Å². The minimum absolute atomic E-state index is 0.292. The van der Waals surface area contributed by atoms with Crippen molar-refractivity contribution in [2.24, 2.45) is 129 Å². The minimum atomic E-state index is -1.76. The first-order valence-electron chi connectivity index (χ1n) is 27.5. The van der Waals surface area contributed by atoms with Gasteiger partial charge in [-0.2, -0.15) is 0 Å². The summed E-state index contributed by atoms with van der Waals surface area (Å²) in [6, 6.07) is 0. The summed E-state index contributed by atoms with van der Waals surface area (Å²) in [5.74, 6) is 17.8. The molecule has 0 saturated heterocycles. The van der Waals surface area contributed by atoms with E-state index < -0.39 is 8.07 Å². The Labute approximate surface area is 376 Å². The second kappa shape index (κ2) is 17.1. The van der Waals surface area contributed by atoms with Crippen LogP contribution in [0.1, 0.15) is 199 Å². The van der Waals surface area contributed by atoms with Gasteiger partial charge in [-0.05, 0) is 243 Å². The van der Waals surface area contributed by atoms with Gasteiger partial charge in [-0.1, -0.05) is 110 Å². The smallest absolute Gasteiger partial charge is 0.0638 e. The van der Waals surface area contributed by atoms with Gasteiger partial charge in [-0.15, -0.1) is 0 Å². The van der Waals surface area contributed by atoms with E-state index in [9.17, 15) is 0 Å². The van der Waals surface area contributed by atoms with Crippen molar-refractivity contribution in [2.45, 2.75) is 229 Å². The van der Waals surface area contributed by atoms with E-state index in [0.29, 0.717) is 28.3 Å². The monoisotopic (exact) mass is 845 g/mol. The molecule has 0 heterocycles. The normalized spacial score (nSPS) is 50.6. The zero-order valence-electron chi connectivity index (χ0n) is 43.1. The molecule has 0 amide bonds. The lowest BCUT2D eigenvalue weighted by molar-refractivity contribution is -0.121. The van der Waals surface area contributed by atoms with Gasteiger partial charge in [-0.3, -0.25) is 0 Å². The van der Waals surface area contributed by atoms with Crippen molar-refractivity contribution in [1.29, 1.82) is 0 Å². The van der Waals surface area contributed by atoms with Crippen LogP contribution in [0.2, 0.25) is 24.2 Å². The molecular formula is C58H104OSi. The topological polar surface area (TPSA) is 9.23 Å². The molecule has 0 aromatic heterocycles. The van der Waals surface area contributed by atoms with Crippen LogP contribution in [0.3, 0.4) is 0 Å². The first-order valence-corrected chi connectivity index (χ1v) is 30.7. The van der Waals surface area contributed by atoms with Gasteiger partial charge in [0.05, 0.1) is 14.2 Å². The Kier molecular flexibility index (Phi) is 13.3. The molecule has 60 heavy (non-hydrogen) atoms. The van der Waals surface area contributed by atoms with E-state index in [2.05, 4.69) is 110 Å². The van der Waals surface area contributed by atoms with E-state index >= 15 is 0 Å². The molecule has 17 atom stereocenters. The Balaban J connectivity index is 1.17. The summed E-state index contributed by atoms with van der Waals surface area (Å²) in [5, 5.41) is 0. The Bertz CT molecular complexity index is 1420. The predicted molar refractivity (Wildman–Crippen MR) is 262 cm³/mol. The van der Waals surface area contributed by atoms with E-state index in [1.165, 1.54) is 57.8 Å². The van der Waals surface area contributed by atoms with Crippen molar-refractivity contribution in [3.63, 3.8) is 0 Å². The van der Waals surface area contributed by atoms with Gasteiger partial charge in [0.15, 0.2) is 0 Å². The van der Waals surface area contributed by atoms with Gasteiger partial charge in [0, 0.05) is 7.11 Å². The van der Waals surface area contributed by atoms with Crippen LogP contribution in [-0.2, 0) is 4.74 Å². The maximum Gasteiger partial charge on any atom is 0.0638 e. The van der Waals surface area contributed by atoms with Crippen LogP contribution in [0.25, 0.3) is 0 Å². The molecule has 8 aliphatic carbocycles. The van der Waals surface area contributed by atoms with Gasteiger partial charge in [-0.25, -0.2) is 0 Å². The fourth-order valence-corrected chi connectivity index (χ4v) is 27.6. The van der Waals surface area contributed by atoms with Crippen LogP contribution in [-0.4, -0.2) is 21.3 Å². The molecule has 0 radical (unpaired) electrons. The number of hydrogen-bond donors (Lipinski definition) is 0. The van der Waals surface area contributed by atoms with Crippen LogP contribution in [0.5, 0.6) is 0 Å². The molecule has 15 unspecified atom stereocenters. The van der Waals surface area contributed by atoms with Crippen molar-refractivity contribution in [3.8, 4) is 0 Å². The highest BCUT2D eigenvalue weighted by molar-refractivity contribution is 6.80. The zero-order chi connectivity index (χ0) is 43.4. The third-order valence-corrected chi connectivity index (χ3v) is 28.1. The molecule has 0 aromatic carbocycles. The van der Waals surface area contributed by atoms with E-state index in [4.69, 9.17) is 4.74 Å². The lowest BCUT2D eigenvalue weighted by atomic mass is 9.50. The maximum atomic E-state index is 6.87. The van der Waals surface area contributed by atoms with E-state index in [0.717, 1.165) is 118 Å². The molecule has 0 bridgehead atoms. The molecule has 2 heteroatoms. The Morgan fingerprint density at radius 2 is 0.900 bits per heavy atom. The average molecular weight is 846 g/mol. The molecule has 8 rings (SSSR count). The fraction of sp³-hybridized carbons (Fsp3) is 1.00. The van der Waals surface area contributed by atoms with E-state index in [1.807, 2.05) is 0 Å². The lowest BCUT2D eigenvalue weighted by Crippen LogP contribution is -2.56. The van der Waals surface area contributed by atoms with Crippen LogP contribution in [0.15, 0.2) is 0 Å². The Morgan fingerprint density at radius 1 is 0.417 bits per heavy atom. The second-order valence-corrected chi connectivity index (χ2v) is 34.4. The fourth-order valence-electron chi connectivity index (χ4n) is 21.0. The van der Waals surface area contributed by atoms with Crippen molar-refractivity contribution in [2.75, 3.05) is 7.11 Å². The van der Waals surface area contributed by atoms with Crippen molar-refractivity contribution < 1.29 is 4.74 Å². The van der Waals surface area contributed by atoms with Gasteiger partial charge < -0.3 is 4.74 Å². The summed E-state index contributed by atoms with van der Waals surface area (Å²) in [6.45, 7) is 40.2. The summed E-state index contributed by atoms with van der Waals surface area (Å²) in [7, 11) is 0.371. The quantitative estimate of drug-likeness (QED) is 0.242. The molecule has 0 spiro atoms. The number of rotatable bonds is 6. The van der Waals surface area contributed by atoms with Gasteiger partial charge in [0.1, 0.15) is 0 Å². The third kappa shape index (κ3) is 8.43. The first kappa shape index (κ1) is 46.7.